The fraction of sp³-hybridized carbons (Fsp3) is 0.632. The van der Waals surface area contributed by atoms with Crippen molar-refractivity contribution in [3.05, 3.63) is 35.9 Å². The van der Waals surface area contributed by atoms with Crippen molar-refractivity contribution < 1.29 is 14.3 Å². The molecular formula is C19H29N3O3. The largest absolute Gasteiger partial charge is 0.347 e. The van der Waals surface area contributed by atoms with Gasteiger partial charge >= 0.3 is 6.03 Å². The molecule has 1 atom stereocenters. The van der Waals surface area contributed by atoms with E-state index in [1.165, 1.54) is 5.56 Å². The van der Waals surface area contributed by atoms with Gasteiger partial charge < -0.3 is 19.7 Å². The number of hydrogen-bond donors (Lipinski definition) is 1. The van der Waals surface area contributed by atoms with Gasteiger partial charge in [-0.1, -0.05) is 30.3 Å². The van der Waals surface area contributed by atoms with E-state index in [1.807, 2.05) is 11.0 Å². The van der Waals surface area contributed by atoms with Crippen molar-refractivity contribution >= 4 is 6.03 Å². The summed E-state index contributed by atoms with van der Waals surface area (Å²) in [4.78, 5) is 16.5. The second-order valence-electron chi connectivity index (χ2n) is 7.03. The summed E-state index contributed by atoms with van der Waals surface area (Å²) in [5, 5.41) is 3.06. The Kier molecular flexibility index (Phi) is 5.93. The highest BCUT2D eigenvalue weighted by molar-refractivity contribution is 5.74. The van der Waals surface area contributed by atoms with Crippen molar-refractivity contribution in [3.63, 3.8) is 0 Å². The van der Waals surface area contributed by atoms with Crippen molar-refractivity contribution in [2.75, 3.05) is 39.9 Å². The van der Waals surface area contributed by atoms with Gasteiger partial charge in [0.05, 0.1) is 13.2 Å². The first-order valence-corrected chi connectivity index (χ1v) is 9.13. The number of piperidine rings is 1. The Labute approximate surface area is 150 Å². The van der Waals surface area contributed by atoms with Gasteiger partial charge in [0.25, 0.3) is 0 Å². The predicted molar refractivity (Wildman–Crippen MR) is 96.2 cm³/mol. The maximum atomic E-state index is 12.4. The summed E-state index contributed by atoms with van der Waals surface area (Å²) in [5.74, 6) is -0.431. The van der Waals surface area contributed by atoms with E-state index in [0.717, 1.165) is 19.4 Å². The number of ether oxygens (including phenoxy) is 2. The number of nitrogens with zero attached hydrogens (tertiary/aromatic N) is 2. The van der Waals surface area contributed by atoms with E-state index in [-0.39, 0.29) is 12.1 Å². The molecule has 3 rings (SSSR count). The summed E-state index contributed by atoms with van der Waals surface area (Å²) in [6, 6.07) is 10.6. The second-order valence-corrected chi connectivity index (χ2v) is 7.03. The summed E-state index contributed by atoms with van der Waals surface area (Å²) in [6.45, 7) is 6.33. The number of likely N-dealkylation sites (N-methyl/N-ethyl adjacent to an activating group) is 1. The lowest BCUT2D eigenvalue weighted by atomic mass is 10.0. The van der Waals surface area contributed by atoms with E-state index in [1.54, 1.807) is 0 Å². The topological polar surface area (TPSA) is 54.0 Å². The van der Waals surface area contributed by atoms with Crippen molar-refractivity contribution in [3.8, 4) is 0 Å². The van der Waals surface area contributed by atoms with Crippen LogP contribution in [0, 0.1) is 0 Å². The molecule has 6 nitrogen and oxygen atoms in total. The SMILES string of the molecule is CC(CNC(=O)N1CCC2(CC1)OCCO2)N(C)Cc1ccccc1. The molecule has 0 radical (unpaired) electrons. The number of nitrogens with one attached hydrogen (secondary N) is 1. The molecule has 1 N–H and O–H groups in total. The van der Waals surface area contributed by atoms with Crippen LogP contribution in [0.15, 0.2) is 30.3 Å². The van der Waals surface area contributed by atoms with Crippen LogP contribution >= 0.6 is 0 Å². The third-order valence-corrected chi connectivity index (χ3v) is 5.20. The first-order valence-electron chi connectivity index (χ1n) is 9.13. The molecule has 1 aromatic rings. The third kappa shape index (κ3) is 4.71. The van der Waals surface area contributed by atoms with Crippen molar-refractivity contribution in [1.29, 1.82) is 0 Å². The van der Waals surface area contributed by atoms with Gasteiger partial charge in [0, 0.05) is 45.1 Å². The Hall–Kier alpha value is -1.63. The zero-order chi connectivity index (χ0) is 17.7. The third-order valence-electron chi connectivity index (χ3n) is 5.20. The van der Waals surface area contributed by atoms with Crippen LogP contribution in [0.4, 0.5) is 4.79 Å². The molecular weight excluding hydrogens is 318 g/mol. The van der Waals surface area contributed by atoms with E-state index in [9.17, 15) is 4.79 Å². The number of hydrogen-bond acceptors (Lipinski definition) is 4. The number of amides is 2. The number of carbonyl (C=O) groups is 1. The van der Waals surface area contributed by atoms with Crippen LogP contribution in [0.1, 0.15) is 25.3 Å². The molecule has 2 amide bonds. The fourth-order valence-electron chi connectivity index (χ4n) is 3.37. The van der Waals surface area contributed by atoms with Gasteiger partial charge in [-0.3, -0.25) is 4.90 Å². The Morgan fingerprint density at radius 3 is 2.52 bits per heavy atom. The molecule has 1 spiro atoms. The minimum absolute atomic E-state index is 0.00723. The predicted octanol–water partition coefficient (Wildman–Crippen LogP) is 2.06. The van der Waals surface area contributed by atoms with Gasteiger partial charge in [-0.15, -0.1) is 0 Å². The Bertz CT molecular complexity index is 550. The molecule has 2 aliphatic rings. The molecule has 1 unspecified atom stereocenters. The number of likely N-dealkylation sites (tertiary alicyclic amines) is 1. The summed E-state index contributed by atoms with van der Waals surface area (Å²) < 4.78 is 11.4. The average molecular weight is 347 g/mol. The minimum Gasteiger partial charge on any atom is -0.347 e. The number of urea groups is 1. The number of carbonyl (C=O) groups excluding carboxylic acids is 1. The highest BCUT2D eigenvalue weighted by Gasteiger charge is 2.40. The van der Waals surface area contributed by atoms with Crippen LogP contribution in [0.25, 0.3) is 0 Å². The molecule has 0 aliphatic carbocycles. The van der Waals surface area contributed by atoms with Crippen LogP contribution < -0.4 is 5.32 Å². The van der Waals surface area contributed by atoms with E-state index >= 15 is 0 Å². The molecule has 138 valence electrons. The van der Waals surface area contributed by atoms with Gasteiger partial charge in [0.2, 0.25) is 0 Å². The van der Waals surface area contributed by atoms with Crippen molar-refractivity contribution in [2.45, 2.75) is 38.1 Å². The van der Waals surface area contributed by atoms with Gasteiger partial charge in [0.1, 0.15) is 0 Å². The summed E-state index contributed by atoms with van der Waals surface area (Å²) in [7, 11) is 2.09. The average Bonchev–Trinajstić information content (AvgIpc) is 3.09. The van der Waals surface area contributed by atoms with E-state index in [2.05, 4.69) is 48.5 Å². The van der Waals surface area contributed by atoms with E-state index in [0.29, 0.717) is 32.8 Å². The molecule has 2 saturated heterocycles. The van der Waals surface area contributed by atoms with Gasteiger partial charge in [0.15, 0.2) is 5.79 Å². The van der Waals surface area contributed by atoms with Crippen LogP contribution in [0.5, 0.6) is 0 Å². The van der Waals surface area contributed by atoms with Crippen molar-refractivity contribution in [1.82, 2.24) is 15.1 Å². The summed E-state index contributed by atoms with van der Waals surface area (Å²) in [5.41, 5.74) is 1.28. The number of benzene rings is 1. The fourth-order valence-corrected chi connectivity index (χ4v) is 3.37. The lowest BCUT2D eigenvalue weighted by molar-refractivity contribution is -0.181. The first kappa shape index (κ1) is 18.2. The van der Waals surface area contributed by atoms with Crippen LogP contribution in [-0.4, -0.2) is 67.6 Å². The molecule has 2 heterocycles. The van der Waals surface area contributed by atoms with Crippen LogP contribution in [0.3, 0.4) is 0 Å². The van der Waals surface area contributed by atoms with Crippen LogP contribution in [0.2, 0.25) is 0 Å². The minimum atomic E-state index is -0.431. The maximum Gasteiger partial charge on any atom is 0.317 e. The Morgan fingerprint density at radius 2 is 1.88 bits per heavy atom. The zero-order valence-corrected chi connectivity index (χ0v) is 15.2. The van der Waals surface area contributed by atoms with E-state index in [4.69, 9.17) is 9.47 Å². The first-order chi connectivity index (χ1) is 12.1. The van der Waals surface area contributed by atoms with Crippen molar-refractivity contribution in [2.24, 2.45) is 0 Å². The maximum absolute atomic E-state index is 12.4. The molecule has 0 saturated carbocycles. The highest BCUT2D eigenvalue weighted by Crippen LogP contribution is 2.31. The molecule has 0 aromatic heterocycles. The van der Waals surface area contributed by atoms with Gasteiger partial charge in [-0.25, -0.2) is 4.79 Å². The lowest BCUT2D eigenvalue weighted by Gasteiger charge is -2.37. The Morgan fingerprint density at radius 1 is 1.24 bits per heavy atom. The highest BCUT2D eigenvalue weighted by atomic mass is 16.7. The number of rotatable bonds is 5. The Balaban J connectivity index is 1.39. The summed E-state index contributed by atoms with van der Waals surface area (Å²) >= 11 is 0. The monoisotopic (exact) mass is 347 g/mol. The molecule has 1 aromatic carbocycles. The molecule has 25 heavy (non-hydrogen) atoms. The smallest absolute Gasteiger partial charge is 0.317 e. The second kappa shape index (κ2) is 8.17. The van der Waals surface area contributed by atoms with E-state index < -0.39 is 5.79 Å². The quantitative estimate of drug-likeness (QED) is 0.886. The van der Waals surface area contributed by atoms with Gasteiger partial charge in [-0.2, -0.15) is 0 Å². The molecule has 2 aliphatic heterocycles. The lowest BCUT2D eigenvalue weighted by Crippen LogP contribution is -2.52. The molecule has 2 fully saturated rings. The zero-order valence-electron chi connectivity index (χ0n) is 15.2. The van der Waals surface area contributed by atoms with Crippen LogP contribution in [-0.2, 0) is 16.0 Å². The standard InChI is InChI=1S/C19H29N3O3/c1-16(21(2)15-17-6-4-3-5-7-17)14-20-18(23)22-10-8-19(9-11-22)24-12-13-25-19/h3-7,16H,8-15H2,1-2H3,(H,20,23). The molecule has 0 bridgehead atoms. The summed E-state index contributed by atoms with van der Waals surface area (Å²) in [6.07, 6.45) is 1.51. The van der Waals surface area contributed by atoms with Gasteiger partial charge in [-0.05, 0) is 19.5 Å². The normalized spacial score (nSPS) is 20.8. The molecule has 6 heteroatoms.